The number of rotatable bonds is 4. The lowest BCUT2D eigenvalue weighted by molar-refractivity contribution is -0.135. The van der Waals surface area contributed by atoms with Gasteiger partial charge in [-0.3, -0.25) is 4.79 Å². The van der Waals surface area contributed by atoms with Crippen LogP contribution in [0.4, 0.5) is 0 Å². The second-order valence-corrected chi connectivity index (χ2v) is 6.03. The molecule has 1 aliphatic heterocycles. The molecule has 0 aliphatic carbocycles. The number of hydrogen-bond acceptors (Lipinski definition) is 5. The summed E-state index contributed by atoms with van der Waals surface area (Å²) in [4.78, 5) is 24.8. The molecule has 0 amide bonds. The number of para-hydroxylation sites is 1. The highest BCUT2D eigenvalue weighted by molar-refractivity contribution is 5.90. The topological polar surface area (TPSA) is 65.7 Å². The summed E-state index contributed by atoms with van der Waals surface area (Å²) in [5.74, 6) is 0.202. The number of esters is 1. The van der Waals surface area contributed by atoms with Crippen LogP contribution in [0.25, 0.3) is 11.0 Å². The molecule has 1 aromatic heterocycles. The molecule has 5 nitrogen and oxygen atoms in total. The van der Waals surface area contributed by atoms with Crippen LogP contribution >= 0.6 is 0 Å². The molecule has 1 atom stereocenters. The van der Waals surface area contributed by atoms with Crippen LogP contribution in [0.3, 0.4) is 0 Å². The first-order valence-corrected chi connectivity index (χ1v) is 8.27. The molecule has 0 spiro atoms. The summed E-state index contributed by atoms with van der Waals surface area (Å²) in [7, 11) is 0. The molecule has 0 saturated heterocycles. The third-order valence-corrected chi connectivity index (χ3v) is 4.38. The van der Waals surface area contributed by atoms with Crippen LogP contribution < -0.4 is 15.1 Å². The van der Waals surface area contributed by atoms with Crippen molar-refractivity contribution < 1.29 is 18.7 Å². The van der Waals surface area contributed by atoms with Crippen LogP contribution in [0.15, 0.2) is 70.4 Å². The van der Waals surface area contributed by atoms with Gasteiger partial charge in [-0.15, -0.1) is 0 Å². The molecule has 0 unspecified atom stereocenters. The average molecular weight is 348 g/mol. The molecule has 0 fully saturated rings. The van der Waals surface area contributed by atoms with Gasteiger partial charge in [0.2, 0.25) is 0 Å². The van der Waals surface area contributed by atoms with Crippen molar-refractivity contribution in [3.8, 4) is 11.5 Å². The van der Waals surface area contributed by atoms with Crippen molar-refractivity contribution in [2.24, 2.45) is 0 Å². The molecule has 2 heterocycles. The van der Waals surface area contributed by atoms with E-state index in [-0.39, 0.29) is 12.4 Å². The quantitative estimate of drug-likeness (QED) is 0.408. The van der Waals surface area contributed by atoms with Crippen molar-refractivity contribution >= 4 is 16.9 Å². The molecular weight excluding hydrogens is 332 g/mol. The summed E-state index contributed by atoms with van der Waals surface area (Å²) in [5, 5.41) is 0.617. The van der Waals surface area contributed by atoms with Gasteiger partial charge >= 0.3 is 11.6 Å². The maximum Gasteiger partial charge on any atom is 0.343 e. The Morgan fingerprint density at radius 1 is 1.12 bits per heavy atom. The van der Waals surface area contributed by atoms with Gasteiger partial charge in [0.15, 0.2) is 5.75 Å². The van der Waals surface area contributed by atoms with Crippen LogP contribution in [0.2, 0.25) is 0 Å². The Balaban J connectivity index is 1.82. The first-order valence-electron chi connectivity index (χ1n) is 8.27. The fraction of sp³-hybridized carbons (Fsp3) is 0.143. The number of benzene rings is 2. The van der Waals surface area contributed by atoms with Crippen molar-refractivity contribution in [2.45, 2.75) is 12.3 Å². The van der Waals surface area contributed by atoms with Crippen LogP contribution in [0.1, 0.15) is 23.5 Å². The first-order chi connectivity index (χ1) is 12.7. The van der Waals surface area contributed by atoms with Crippen LogP contribution in [0.5, 0.6) is 11.5 Å². The molecule has 0 saturated carbocycles. The average Bonchev–Trinajstić information content (AvgIpc) is 2.66. The van der Waals surface area contributed by atoms with Crippen molar-refractivity contribution in [3.05, 3.63) is 82.7 Å². The summed E-state index contributed by atoms with van der Waals surface area (Å²) < 4.78 is 16.3. The lowest BCUT2D eigenvalue weighted by Crippen LogP contribution is -2.26. The Labute approximate surface area is 149 Å². The van der Waals surface area contributed by atoms with Gasteiger partial charge in [-0.25, -0.2) is 4.79 Å². The predicted octanol–water partition coefficient (Wildman–Crippen LogP) is 3.80. The number of ether oxygens (including phenoxy) is 2. The van der Waals surface area contributed by atoms with E-state index < -0.39 is 11.5 Å². The first kappa shape index (κ1) is 16.1. The van der Waals surface area contributed by atoms with Gasteiger partial charge in [-0.05, 0) is 29.8 Å². The van der Waals surface area contributed by atoms with Crippen molar-refractivity contribution in [1.82, 2.24) is 0 Å². The van der Waals surface area contributed by atoms with Crippen molar-refractivity contribution in [1.29, 1.82) is 0 Å². The minimum absolute atomic E-state index is 0.0863. The van der Waals surface area contributed by atoms with E-state index >= 15 is 0 Å². The van der Waals surface area contributed by atoms with Crippen molar-refractivity contribution in [3.63, 3.8) is 0 Å². The normalized spacial score (nSPS) is 16.0. The Kier molecular flexibility index (Phi) is 4.05. The SMILES string of the molecule is C=CCOc1ccc([C@H]2CC(=O)Oc3c2c(=O)oc2ccccc32)cc1. The molecule has 130 valence electrons. The number of fused-ring (bicyclic) bond motifs is 3. The van der Waals surface area contributed by atoms with E-state index in [4.69, 9.17) is 13.9 Å². The van der Waals surface area contributed by atoms with Gasteiger partial charge in [0.05, 0.1) is 17.4 Å². The molecule has 4 rings (SSSR count). The van der Waals surface area contributed by atoms with E-state index in [1.807, 2.05) is 18.2 Å². The third kappa shape index (κ3) is 2.77. The smallest absolute Gasteiger partial charge is 0.343 e. The van der Waals surface area contributed by atoms with Gasteiger partial charge in [0, 0.05) is 5.92 Å². The maximum atomic E-state index is 12.6. The van der Waals surface area contributed by atoms with Gasteiger partial charge in [-0.2, -0.15) is 0 Å². The second-order valence-electron chi connectivity index (χ2n) is 6.03. The lowest BCUT2D eigenvalue weighted by atomic mass is 9.86. The van der Waals surface area contributed by atoms with E-state index in [1.54, 1.807) is 36.4 Å². The number of carbonyl (C=O) groups is 1. The van der Waals surface area contributed by atoms with E-state index in [2.05, 4.69) is 6.58 Å². The summed E-state index contributed by atoms with van der Waals surface area (Å²) in [6.45, 7) is 4.02. The molecule has 3 aromatic rings. The van der Waals surface area contributed by atoms with E-state index in [9.17, 15) is 9.59 Å². The zero-order valence-corrected chi connectivity index (χ0v) is 13.9. The van der Waals surface area contributed by atoms with E-state index in [0.29, 0.717) is 34.6 Å². The molecule has 0 bridgehead atoms. The van der Waals surface area contributed by atoms with Gasteiger partial charge < -0.3 is 13.9 Å². The van der Waals surface area contributed by atoms with Gasteiger partial charge in [-0.1, -0.05) is 36.9 Å². The minimum Gasteiger partial charge on any atom is -0.490 e. The molecule has 0 N–H and O–H groups in total. The van der Waals surface area contributed by atoms with Gasteiger partial charge in [0.25, 0.3) is 0 Å². The summed E-state index contributed by atoms with van der Waals surface area (Å²) >= 11 is 0. The highest BCUT2D eigenvalue weighted by Crippen LogP contribution is 2.40. The van der Waals surface area contributed by atoms with Crippen LogP contribution in [-0.4, -0.2) is 12.6 Å². The van der Waals surface area contributed by atoms with Crippen LogP contribution in [0, 0.1) is 0 Å². The molecular formula is C21H16O5. The second kappa shape index (κ2) is 6.52. The standard InChI is InChI=1S/C21H16O5/c1-2-11-24-14-9-7-13(8-10-14)16-12-18(22)26-20-15-5-3-4-6-17(15)25-21(23)19(16)20/h2-10,16H,1,11-12H2/t16-/m1/s1. The zero-order valence-electron chi connectivity index (χ0n) is 13.9. The Morgan fingerprint density at radius 2 is 1.88 bits per heavy atom. The molecule has 1 aliphatic rings. The predicted molar refractivity (Wildman–Crippen MR) is 96.7 cm³/mol. The molecule has 5 heteroatoms. The fourth-order valence-corrected chi connectivity index (χ4v) is 3.21. The molecule has 26 heavy (non-hydrogen) atoms. The van der Waals surface area contributed by atoms with Crippen molar-refractivity contribution in [2.75, 3.05) is 6.61 Å². The Morgan fingerprint density at radius 3 is 2.65 bits per heavy atom. The maximum absolute atomic E-state index is 12.6. The Hall–Kier alpha value is -3.34. The highest BCUT2D eigenvalue weighted by Gasteiger charge is 2.33. The zero-order chi connectivity index (χ0) is 18.1. The lowest BCUT2D eigenvalue weighted by Gasteiger charge is -2.24. The summed E-state index contributed by atoms with van der Waals surface area (Å²) in [5.41, 5.74) is 1.13. The minimum atomic E-state index is -0.483. The molecule has 0 radical (unpaired) electrons. The van der Waals surface area contributed by atoms with E-state index in [0.717, 1.165) is 5.56 Å². The number of hydrogen-bond donors (Lipinski definition) is 0. The summed E-state index contributed by atoms with van der Waals surface area (Å²) in [6.07, 6.45) is 1.75. The monoisotopic (exact) mass is 348 g/mol. The van der Waals surface area contributed by atoms with E-state index in [1.165, 1.54) is 0 Å². The molecule has 2 aromatic carbocycles. The largest absolute Gasteiger partial charge is 0.490 e. The van der Waals surface area contributed by atoms with Gasteiger partial charge in [0.1, 0.15) is 17.9 Å². The highest BCUT2D eigenvalue weighted by atomic mass is 16.5. The summed E-state index contributed by atoms with van der Waals surface area (Å²) in [6, 6.07) is 14.3. The van der Waals surface area contributed by atoms with Crippen LogP contribution in [-0.2, 0) is 4.79 Å². The number of carbonyl (C=O) groups excluding carboxylic acids is 1. The third-order valence-electron chi connectivity index (χ3n) is 4.38. The Bertz CT molecular complexity index is 1050. The fourth-order valence-electron chi connectivity index (χ4n) is 3.21.